The zero-order chi connectivity index (χ0) is 13.7. The number of hydrogen-bond acceptors (Lipinski definition) is 3. The average Bonchev–Trinajstić information content (AvgIpc) is 2.94. The van der Waals surface area contributed by atoms with Crippen LogP contribution < -0.4 is 10.6 Å². The molecule has 0 aromatic heterocycles. The molecular weight excluding hydrogens is 240 g/mol. The fraction of sp³-hybridized carbons (Fsp3) is 0.533. The van der Waals surface area contributed by atoms with Crippen molar-refractivity contribution < 1.29 is 9.53 Å². The van der Waals surface area contributed by atoms with Crippen LogP contribution in [0.2, 0.25) is 0 Å². The van der Waals surface area contributed by atoms with Crippen molar-refractivity contribution in [3.63, 3.8) is 0 Å². The van der Waals surface area contributed by atoms with E-state index >= 15 is 0 Å². The third-order valence-corrected chi connectivity index (χ3v) is 3.46. The summed E-state index contributed by atoms with van der Waals surface area (Å²) < 4.78 is 5.51. The van der Waals surface area contributed by atoms with Gasteiger partial charge in [0.1, 0.15) is 6.10 Å². The third kappa shape index (κ3) is 3.33. The molecule has 2 rings (SSSR count). The minimum atomic E-state index is -0.280. The van der Waals surface area contributed by atoms with Gasteiger partial charge in [-0.15, -0.1) is 0 Å². The van der Waals surface area contributed by atoms with Gasteiger partial charge in [0, 0.05) is 18.8 Å². The van der Waals surface area contributed by atoms with E-state index in [4.69, 9.17) is 10.5 Å². The second kappa shape index (κ2) is 6.68. The van der Waals surface area contributed by atoms with E-state index in [0.29, 0.717) is 19.7 Å². The first kappa shape index (κ1) is 14.0. The van der Waals surface area contributed by atoms with Crippen molar-refractivity contribution in [3.8, 4) is 0 Å². The largest absolute Gasteiger partial charge is 0.368 e. The Morgan fingerprint density at radius 1 is 1.47 bits per heavy atom. The monoisotopic (exact) mass is 262 g/mol. The second-order valence-electron chi connectivity index (χ2n) is 4.92. The average molecular weight is 262 g/mol. The van der Waals surface area contributed by atoms with Crippen LogP contribution in [0.3, 0.4) is 0 Å². The molecule has 1 amide bonds. The van der Waals surface area contributed by atoms with Crippen molar-refractivity contribution >= 4 is 11.6 Å². The van der Waals surface area contributed by atoms with Gasteiger partial charge in [0.2, 0.25) is 0 Å². The third-order valence-electron chi connectivity index (χ3n) is 3.46. The number of ether oxygens (including phenoxy) is 1. The normalized spacial score (nSPS) is 18.5. The van der Waals surface area contributed by atoms with E-state index in [1.807, 2.05) is 36.1 Å². The Bertz CT molecular complexity index is 428. The van der Waals surface area contributed by atoms with Gasteiger partial charge in [-0.05, 0) is 44.4 Å². The molecule has 0 saturated carbocycles. The van der Waals surface area contributed by atoms with Crippen molar-refractivity contribution in [3.05, 3.63) is 29.8 Å². The van der Waals surface area contributed by atoms with Crippen LogP contribution in [-0.4, -0.2) is 31.7 Å². The highest BCUT2D eigenvalue weighted by atomic mass is 16.5. The summed E-state index contributed by atoms with van der Waals surface area (Å²) in [4.78, 5) is 14.4. The number of nitrogens with zero attached hydrogens (tertiary/aromatic N) is 1. The first-order valence-electron chi connectivity index (χ1n) is 6.92. The number of carbonyl (C=O) groups excluding carboxylic acids is 1. The number of amides is 1. The van der Waals surface area contributed by atoms with Crippen LogP contribution in [-0.2, 0) is 9.53 Å². The predicted octanol–water partition coefficient (Wildman–Crippen LogP) is 1.86. The van der Waals surface area contributed by atoms with E-state index in [1.54, 1.807) is 0 Å². The van der Waals surface area contributed by atoms with Crippen molar-refractivity contribution in [2.45, 2.75) is 32.3 Å². The quantitative estimate of drug-likeness (QED) is 0.881. The summed E-state index contributed by atoms with van der Waals surface area (Å²) in [5.41, 5.74) is 7.65. The lowest BCUT2D eigenvalue weighted by atomic mass is 10.1. The first-order chi connectivity index (χ1) is 9.24. The molecule has 0 spiro atoms. The lowest BCUT2D eigenvalue weighted by Gasteiger charge is -2.26. The summed E-state index contributed by atoms with van der Waals surface area (Å²) in [6, 6.07) is 7.95. The number of nitrogens with two attached hydrogens (primary N) is 1. The fourth-order valence-electron chi connectivity index (χ4n) is 2.41. The number of aryl methyl sites for hydroxylation is 1. The molecule has 1 fully saturated rings. The minimum absolute atomic E-state index is 0.0697. The van der Waals surface area contributed by atoms with Gasteiger partial charge in [0.05, 0.1) is 0 Å². The van der Waals surface area contributed by atoms with Crippen LogP contribution in [0.15, 0.2) is 24.3 Å². The summed E-state index contributed by atoms with van der Waals surface area (Å²) >= 11 is 0. The summed E-state index contributed by atoms with van der Waals surface area (Å²) in [6.07, 6.45) is 2.31. The molecule has 4 nitrogen and oxygen atoms in total. The highest BCUT2D eigenvalue weighted by Gasteiger charge is 2.29. The van der Waals surface area contributed by atoms with E-state index in [-0.39, 0.29) is 12.0 Å². The molecule has 1 atom stereocenters. The van der Waals surface area contributed by atoms with Gasteiger partial charge in [-0.25, -0.2) is 0 Å². The maximum absolute atomic E-state index is 12.6. The molecular formula is C15H22N2O2. The number of rotatable bonds is 5. The van der Waals surface area contributed by atoms with E-state index in [2.05, 4.69) is 0 Å². The van der Waals surface area contributed by atoms with Crippen LogP contribution in [0, 0.1) is 6.92 Å². The Kier molecular flexibility index (Phi) is 4.93. The molecule has 0 radical (unpaired) electrons. The van der Waals surface area contributed by atoms with Gasteiger partial charge in [-0.1, -0.05) is 18.2 Å². The Balaban J connectivity index is 2.19. The van der Waals surface area contributed by atoms with E-state index < -0.39 is 0 Å². The van der Waals surface area contributed by atoms with Crippen LogP contribution in [0.25, 0.3) is 0 Å². The van der Waals surface area contributed by atoms with Crippen LogP contribution in [0.5, 0.6) is 0 Å². The van der Waals surface area contributed by atoms with Crippen LogP contribution in [0.4, 0.5) is 5.69 Å². The molecule has 2 N–H and O–H groups in total. The maximum atomic E-state index is 12.6. The molecule has 0 aliphatic carbocycles. The number of benzene rings is 1. The number of carbonyl (C=O) groups is 1. The lowest BCUT2D eigenvalue weighted by Crippen LogP contribution is -2.40. The molecule has 1 aromatic rings. The van der Waals surface area contributed by atoms with Crippen molar-refractivity contribution in [1.29, 1.82) is 0 Å². The molecule has 1 heterocycles. The Morgan fingerprint density at radius 2 is 2.26 bits per heavy atom. The van der Waals surface area contributed by atoms with Gasteiger partial charge in [-0.3, -0.25) is 4.79 Å². The molecule has 0 bridgehead atoms. The summed E-state index contributed by atoms with van der Waals surface area (Å²) in [7, 11) is 0. The van der Waals surface area contributed by atoms with Gasteiger partial charge >= 0.3 is 0 Å². The molecule has 1 aliphatic heterocycles. The molecule has 1 saturated heterocycles. The van der Waals surface area contributed by atoms with Crippen molar-refractivity contribution in [2.75, 3.05) is 24.6 Å². The maximum Gasteiger partial charge on any atom is 0.256 e. The lowest BCUT2D eigenvalue weighted by molar-refractivity contribution is -0.127. The molecule has 1 aromatic carbocycles. The van der Waals surface area contributed by atoms with Crippen molar-refractivity contribution in [1.82, 2.24) is 0 Å². The van der Waals surface area contributed by atoms with Crippen molar-refractivity contribution in [2.24, 2.45) is 5.73 Å². The van der Waals surface area contributed by atoms with Gasteiger partial charge in [-0.2, -0.15) is 0 Å². The smallest absolute Gasteiger partial charge is 0.256 e. The highest BCUT2D eigenvalue weighted by Crippen LogP contribution is 2.23. The topological polar surface area (TPSA) is 55.6 Å². The molecule has 104 valence electrons. The zero-order valence-electron chi connectivity index (χ0n) is 11.5. The van der Waals surface area contributed by atoms with E-state index in [9.17, 15) is 4.79 Å². The fourth-order valence-corrected chi connectivity index (χ4v) is 2.41. The van der Waals surface area contributed by atoms with Gasteiger partial charge in [0.25, 0.3) is 5.91 Å². The Hall–Kier alpha value is -1.39. The van der Waals surface area contributed by atoms with E-state index in [0.717, 1.165) is 30.5 Å². The second-order valence-corrected chi connectivity index (χ2v) is 4.92. The number of hydrogen-bond donors (Lipinski definition) is 1. The van der Waals surface area contributed by atoms with E-state index in [1.165, 1.54) is 0 Å². The molecule has 19 heavy (non-hydrogen) atoms. The minimum Gasteiger partial charge on any atom is -0.368 e. The summed E-state index contributed by atoms with van der Waals surface area (Å²) in [5, 5.41) is 0. The zero-order valence-corrected chi connectivity index (χ0v) is 11.5. The first-order valence-corrected chi connectivity index (χ1v) is 6.92. The predicted molar refractivity (Wildman–Crippen MR) is 76.2 cm³/mol. The molecule has 1 unspecified atom stereocenters. The summed E-state index contributed by atoms with van der Waals surface area (Å²) in [6.45, 7) is 3.95. The SMILES string of the molecule is Cc1ccccc1N(CCCN)C(=O)C1CCCO1. The number of anilines is 1. The van der Waals surface area contributed by atoms with Gasteiger partial charge in [0.15, 0.2) is 0 Å². The van der Waals surface area contributed by atoms with Crippen LogP contribution in [0.1, 0.15) is 24.8 Å². The molecule has 1 aliphatic rings. The highest BCUT2D eigenvalue weighted by molar-refractivity contribution is 5.97. The summed E-state index contributed by atoms with van der Waals surface area (Å²) in [5.74, 6) is 0.0697. The number of para-hydroxylation sites is 1. The Labute approximate surface area is 114 Å². The van der Waals surface area contributed by atoms with Gasteiger partial charge < -0.3 is 15.4 Å². The standard InChI is InChI=1S/C15H22N2O2/c1-12-6-2-3-7-13(12)17(10-5-9-16)15(18)14-8-4-11-19-14/h2-3,6-7,14H,4-5,8-11,16H2,1H3. The van der Waals surface area contributed by atoms with Crippen LogP contribution >= 0.6 is 0 Å². The Morgan fingerprint density at radius 3 is 2.89 bits per heavy atom. The molecule has 4 heteroatoms.